The fraction of sp³-hybridized carbons (Fsp3) is 0.0303. The van der Waals surface area contributed by atoms with E-state index < -0.39 is 10.8 Å². The number of nitrogens with zero attached hydrogens (tertiary/aromatic N) is 1. The summed E-state index contributed by atoms with van der Waals surface area (Å²) in [7, 11) is 0. The first-order valence-corrected chi connectivity index (χ1v) is 23.3. The lowest BCUT2D eigenvalue weighted by molar-refractivity contribution is 0.768. The van der Waals surface area contributed by atoms with Crippen LogP contribution in [0.4, 0.5) is 17.1 Å². The molecule has 13 rings (SSSR count). The van der Waals surface area contributed by atoms with E-state index in [1.807, 2.05) is 0 Å². The summed E-state index contributed by atoms with van der Waals surface area (Å²) in [6.07, 6.45) is 0. The third kappa shape index (κ3) is 5.81. The van der Waals surface area contributed by atoms with E-state index in [-0.39, 0.29) is 0 Å². The second-order valence-electron chi connectivity index (χ2n) is 17.9. The van der Waals surface area contributed by atoms with Crippen molar-refractivity contribution < 1.29 is 0 Å². The van der Waals surface area contributed by atoms with Crippen molar-refractivity contribution in [2.45, 2.75) is 10.8 Å². The van der Waals surface area contributed by atoms with Crippen LogP contribution in [0.25, 0.3) is 44.2 Å². The van der Waals surface area contributed by atoms with Crippen molar-refractivity contribution >= 4 is 27.8 Å². The van der Waals surface area contributed by atoms with Crippen molar-refractivity contribution in [2.24, 2.45) is 0 Å². The van der Waals surface area contributed by atoms with Crippen LogP contribution < -0.4 is 4.90 Å². The molecule has 0 aromatic heterocycles. The molecule has 0 bridgehead atoms. The molecule has 11 aromatic rings. The molecule has 0 atom stereocenters. The van der Waals surface area contributed by atoms with Crippen molar-refractivity contribution in [3.8, 4) is 33.4 Å². The highest BCUT2D eigenvalue weighted by Crippen LogP contribution is 2.59. The molecule has 11 aromatic carbocycles. The van der Waals surface area contributed by atoms with Gasteiger partial charge < -0.3 is 4.90 Å². The van der Waals surface area contributed by atoms with Crippen molar-refractivity contribution in [3.63, 3.8) is 0 Å². The van der Waals surface area contributed by atoms with Gasteiger partial charge >= 0.3 is 0 Å². The van der Waals surface area contributed by atoms with Gasteiger partial charge in [-0.2, -0.15) is 0 Å². The highest BCUT2D eigenvalue weighted by atomic mass is 15.1. The van der Waals surface area contributed by atoms with E-state index in [0.29, 0.717) is 0 Å². The van der Waals surface area contributed by atoms with Crippen LogP contribution in [-0.4, -0.2) is 0 Å². The van der Waals surface area contributed by atoms with Gasteiger partial charge in [-0.05, 0) is 125 Å². The summed E-state index contributed by atoms with van der Waals surface area (Å²) in [6, 6.07) is 101. The number of fused-ring (bicyclic) bond motifs is 7. The summed E-state index contributed by atoms with van der Waals surface area (Å²) >= 11 is 0. The Hall–Kier alpha value is -8.52. The molecular weight excluding hydrogens is 807 g/mol. The zero-order valence-electron chi connectivity index (χ0n) is 36.9. The molecule has 0 N–H and O–H groups in total. The molecule has 0 radical (unpaired) electrons. The second kappa shape index (κ2) is 15.6. The lowest BCUT2D eigenvalue weighted by Gasteiger charge is -2.35. The first kappa shape index (κ1) is 38.9. The summed E-state index contributed by atoms with van der Waals surface area (Å²) in [4.78, 5) is 2.45. The van der Waals surface area contributed by atoms with Gasteiger partial charge in [-0.25, -0.2) is 0 Å². The van der Waals surface area contributed by atoms with E-state index in [1.54, 1.807) is 0 Å². The van der Waals surface area contributed by atoms with E-state index in [9.17, 15) is 0 Å². The number of anilines is 3. The molecule has 0 saturated carbocycles. The molecule has 1 nitrogen and oxygen atoms in total. The molecule has 2 aliphatic carbocycles. The molecule has 0 heterocycles. The van der Waals surface area contributed by atoms with Crippen molar-refractivity contribution in [1.29, 1.82) is 0 Å². The second-order valence-corrected chi connectivity index (χ2v) is 17.9. The number of benzene rings is 11. The minimum Gasteiger partial charge on any atom is -0.310 e. The fourth-order valence-corrected chi connectivity index (χ4v) is 11.9. The molecule has 1 heteroatoms. The average Bonchev–Trinajstić information content (AvgIpc) is 3.88. The third-order valence-electron chi connectivity index (χ3n) is 14.6. The lowest BCUT2D eigenvalue weighted by Crippen LogP contribution is -2.28. The van der Waals surface area contributed by atoms with Crippen LogP contribution in [0.2, 0.25) is 0 Å². The van der Waals surface area contributed by atoms with Crippen LogP contribution in [0.15, 0.2) is 273 Å². The number of hydrogen-bond donors (Lipinski definition) is 0. The smallest absolute Gasteiger partial charge is 0.0714 e. The maximum Gasteiger partial charge on any atom is 0.0714 e. The predicted molar refractivity (Wildman–Crippen MR) is 279 cm³/mol. The monoisotopic (exact) mass is 851 g/mol. The Bertz CT molecular complexity index is 3530. The Labute approximate surface area is 392 Å². The van der Waals surface area contributed by atoms with Crippen molar-refractivity contribution in [2.75, 3.05) is 4.90 Å². The first-order valence-electron chi connectivity index (χ1n) is 23.3. The zero-order valence-corrected chi connectivity index (χ0v) is 36.9. The number of rotatable bonds is 8. The van der Waals surface area contributed by atoms with Gasteiger partial charge in [0, 0.05) is 17.1 Å². The predicted octanol–water partition coefficient (Wildman–Crippen LogP) is 16.7. The van der Waals surface area contributed by atoms with Crippen LogP contribution in [0.1, 0.15) is 44.5 Å². The average molecular weight is 852 g/mol. The van der Waals surface area contributed by atoms with Gasteiger partial charge in [0.2, 0.25) is 0 Å². The molecule has 0 fully saturated rings. The Morgan fingerprint density at radius 3 is 1.27 bits per heavy atom. The summed E-state index contributed by atoms with van der Waals surface area (Å²) in [5.41, 5.74) is 20.1. The maximum absolute atomic E-state index is 2.46. The van der Waals surface area contributed by atoms with Crippen LogP contribution in [-0.2, 0) is 10.8 Å². The molecule has 2 aliphatic rings. The van der Waals surface area contributed by atoms with Crippen molar-refractivity contribution in [1.82, 2.24) is 0 Å². The normalized spacial score (nSPS) is 13.6. The highest BCUT2D eigenvalue weighted by Gasteiger charge is 2.48. The summed E-state index contributed by atoms with van der Waals surface area (Å²) in [5, 5.41) is 2.43. The van der Waals surface area contributed by atoms with Gasteiger partial charge in [-0.15, -0.1) is 0 Å². The maximum atomic E-state index is 2.46. The van der Waals surface area contributed by atoms with E-state index >= 15 is 0 Å². The highest BCUT2D eigenvalue weighted by molar-refractivity contribution is 5.97. The van der Waals surface area contributed by atoms with E-state index in [1.165, 1.54) is 88.7 Å². The third-order valence-corrected chi connectivity index (χ3v) is 14.6. The molecule has 0 spiro atoms. The molecule has 314 valence electrons. The van der Waals surface area contributed by atoms with Crippen LogP contribution in [0.3, 0.4) is 0 Å². The summed E-state index contributed by atoms with van der Waals surface area (Å²) in [6.45, 7) is 0. The molecule has 0 amide bonds. The van der Waals surface area contributed by atoms with Gasteiger partial charge in [-0.3, -0.25) is 0 Å². The fourth-order valence-electron chi connectivity index (χ4n) is 11.9. The van der Waals surface area contributed by atoms with E-state index in [4.69, 9.17) is 0 Å². The Balaban J connectivity index is 1.00. The SMILES string of the molecule is c1ccc(C2(c3ccccc3)c3ccccc3-c3ccc(N(c4ccc(-c5cccc6c5-c5ccccc5C6(c5ccccc5)c5ccccc5)cc4)c4ccc5ccccc5c4)cc32)cc1. The molecule has 0 saturated heterocycles. The summed E-state index contributed by atoms with van der Waals surface area (Å²) < 4.78 is 0. The molecule has 67 heavy (non-hydrogen) atoms. The molecular formula is C66H45N. The van der Waals surface area contributed by atoms with Gasteiger partial charge in [0.1, 0.15) is 0 Å². The van der Waals surface area contributed by atoms with Gasteiger partial charge in [0.15, 0.2) is 0 Å². The van der Waals surface area contributed by atoms with E-state index in [2.05, 4.69) is 278 Å². The first-order chi connectivity index (χ1) is 33.2. The van der Waals surface area contributed by atoms with Crippen LogP contribution in [0, 0.1) is 0 Å². The van der Waals surface area contributed by atoms with Crippen LogP contribution >= 0.6 is 0 Å². The Kier molecular flexibility index (Phi) is 9.05. The number of hydrogen-bond acceptors (Lipinski definition) is 1. The van der Waals surface area contributed by atoms with Crippen molar-refractivity contribution in [3.05, 3.63) is 317 Å². The topological polar surface area (TPSA) is 3.24 Å². The zero-order chi connectivity index (χ0) is 44.4. The standard InChI is InChI=1S/C66H45N/c1-5-22-49(23-6-1)65(50-24-7-2-8-25-50)61-34-18-16-31-59(61)64-56(32-19-35-62(64)65)47-37-39-53(40-38-47)67(54-41-36-46-20-13-14-21-48(46)44-54)55-42-43-58-57-30-15-17-33-60(57)66(63(58)45-55,51-26-9-3-10-27-51)52-28-11-4-12-29-52/h1-45H. The Morgan fingerprint density at radius 1 is 0.239 bits per heavy atom. The molecule has 0 aliphatic heterocycles. The van der Waals surface area contributed by atoms with E-state index in [0.717, 1.165) is 17.1 Å². The Morgan fingerprint density at radius 2 is 0.657 bits per heavy atom. The lowest BCUT2D eigenvalue weighted by atomic mass is 9.67. The van der Waals surface area contributed by atoms with Gasteiger partial charge in [0.05, 0.1) is 10.8 Å². The van der Waals surface area contributed by atoms with Gasteiger partial charge in [0.25, 0.3) is 0 Å². The van der Waals surface area contributed by atoms with Crippen LogP contribution in [0.5, 0.6) is 0 Å². The summed E-state index contributed by atoms with van der Waals surface area (Å²) in [5.74, 6) is 0. The largest absolute Gasteiger partial charge is 0.310 e. The minimum atomic E-state index is -0.512. The quantitative estimate of drug-likeness (QED) is 0.147. The molecule has 0 unspecified atom stereocenters. The van der Waals surface area contributed by atoms with Gasteiger partial charge in [-0.1, -0.05) is 237 Å². The minimum absolute atomic E-state index is 0.459.